The summed E-state index contributed by atoms with van der Waals surface area (Å²) >= 11 is 1.72. The van der Waals surface area contributed by atoms with Crippen LogP contribution in [-0.2, 0) is 17.8 Å². The van der Waals surface area contributed by atoms with Gasteiger partial charge in [-0.05, 0) is 34.5 Å². The van der Waals surface area contributed by atoms with E-state index in [4.69, 9.17) is 4.42 Å². The molecule has 0 spiro atoms. The first kappa shape index (κ1) is 12.9. The Labute approximate surface area is 121 Å². The summed E-state index contributed by atoms with van der Waals surface area (Å²) in [6.07, 6.45) is 1.90. The molecule has 0 atom stereocenters. The van der Waals surface area contributed by atoms with E-state index in [-0.39, 0.29) is 5.91 Å². The number of fused-ring (bicyclic) bond motifs is 1. The maximum absolute atomic E-state index is 12.1. The molecule has 0 N–H and O–H groups in total. The molecule has 0 aliphatic carbocycles. The fraction of sp³-hybridized carbons (Fsp3) is 0.188. The third kappa shape index (κ3) is 2.60. The maximum atomic E-state index is 12.1. The van der Waals surface area contributed by atoms with Crippen LogP contribution in [0.3, 0.4) is 0 Å². The van der Waals surface area contributed by atoms with Crippen molar-refractivity contribution in [1.29, 1.82) is 0 Å². The van der Waals surface area contributed by atoms with Crippen LogP contribution >= 0.6 is 11.3 Å². The molecular weight excluding hydrogens is 270 g/mol. The molecule has 0 saturated heterocycles. The van der Waals surface area contributed by atoms with Gasteiger partial charge < -0.3 is 9.32 Å². The molecule has 102 valence electrons. The molecule has 0 aliphatic heterocycles. The van der Waals surface area contributed by atoms with Gasteiger partial charge >= 0.3 is 0 Å². The highest BCUT2D eigenvalue weighted by Gasteiger charge is 2.13. The lowest BCUT2D eigenvalue weighted by Crippen LogP contribution is -2.27. The van der Waals surface area contributed by atoms with E-state index in [2.05, 4.69) is 17.5 Å². The van der Waals surface area contributed by atoms with Gasteiger partial charge in [0.05, 0.1) is 12.7 Å². The summed E-state index contributed by atoms with van der Waals surface area (Å²) in [5, 5.41) is 3.36. The van der Waals surface area contributed by atoms with Gasteiger partial charge in [-0.1, -0.05) is 18.2 Å². The highest BCUT2D eigenvalue weighted by Crippen LogP contribution is 2.26. The van der Waals surface area contributed by atoms with E-state index < -0.39 is 0 Å². The number of nitrogens with zero attached hydrogens (tertiary/aromatic N) is 1. The van der Waals surface area contributed by atoms with Crippen molar-refractivity contribution in [2.24, 2.45) is 0 Å². The fourth-order valence-corrected chi connectivity index (χ4v) is 3.15. The Balaban J connectivity index is 1.72. The number of thiophene rings is 1. The molecule has 4 heteroatoms. The molecule has 0 bridgehead atoms. The van der Waals surface area contributed by atoms with Crippen LogP contribution in [0.15, 0.2) is 52.5 Å². The molecule has 0 radical (unpaired) electrons. The quantitative estimate of drug-likeness (QED) is 0.732. The molecule has 2 heterocycles. The van der Waals surface area contributed by atoms with Crippen molar-refractivity contribution < 1.29 is 9.21 Å². The van der Waals surface area contributed by atoms with Gasteiger partial charge in [-0.25, -0.2) is 0 Å². The van der Waals surface area contributed by atoms with Gasteiger partial charge in [-0.2, -0.15) is 0 Å². The van der Waals surface area contributed by atoms with Crippen LogP contribution in [0.5, 0.6) is 0 Å². The smallest absolute Gasteiger partial charge is 0.230 e. The Morgan fingerprint density at radius 3 is 2.90 bits per heavy atom. The number of hydrogen-bond acceptors (Lipinski definition) is 3. The Morgan fingerprint density at radius 2 is 2.10 bits per heavy atom. The predicted octanol–water partition coefficient (Wildman–Crippen LogP) is 3.70. The van der Waals surface area contributed by atoms with E-state index in [9.17, 15) is 4.79 Å². The van der Waals surface area contributed by atoms with Gasteiger partial charge in [0.1, 0.15) is 5.76 Å². The summed E-state index contributed by atoms with van der Waals surface area (Å²) < 4.78 is 6.47. The number of benzene rings is 1. The number of rotatable bonds is 4. The van der Waals surface area contributed by atoms with Crippen molar-refractivity contribution in [3.8, 4) is 0 Å². The number of carbonyl (C=O) groups excluding carboxylic acids is 1. The molecule has 3 aromatic rings. The van der Waals surface area contributed by atoms with Gasteiger partial charge in [-0.3, -0.25) is 4.79 Å². The zero-order chi connectivity index (χ0) is 13.9. The Kier molecular flexibility index (Phi) is 3.56. The first-order chi connectivity index (χ1) is 9.74. The summed E-state index contributed by atoms with van der Waals surface area (Å²) in [5.41, 5.74) is 1.20. The second-order valence-corrected chi connectivity index (χ2v) is 5.67. The molecule has 20 heavy (non-hydrogen) atoms. The normalized spacial score (nSPS) is 10.8. The van der Waals surface area contributed by atoms with Crippen LogP contribution in [0.25, 0.3) is 10.1 Å². The summed E-state index contributed by atoms with van der Waals surface area (Å²) in [6.45, 7) is 0.629. The van der Waals surface area contributed by atoms with Crippen molar-refractivity contribution >= 4 is 27.3 Å². The van der Waals surface area contributed by atoms with Gasteiger partial charge in [0.15, 0.2) is 0 Å². The highest BCUT2D eigenvalue weighted by atomic mass is 32.1. The molecule has 3 nitrogen and oxygen atoms in total. The van der Waals surface area contributed by atoms with Crippen LogP contribution in [0.2, 0.25) is 0 Å². The maximum Gasteiger partial charge on any atom is 0.230 e. The molecular formula is C16H15NO2S. The van der Waals surface area contributed by atoms with E-state index in [1.807, 2.05) is 25.2 Å². The molecule has 1 amide bonds. The third-order valence-electron chi connectivity index (χ3n) is 3.30. The molecule has 0 fully saturated rings. The van der Waals surface area contributed by atoms with E-state index >= 15 is 0 Å². The first-order valence-electron chi connectivity index (χ1n) is 6.45. The van der Waals surface area contributed by atoms with Crippen molar-refractivity contribution in [3.63, 3.8) is 0 Å². The summed E-state index contributed by atoms with van der Waals surface area (Å²) in [5.74, 6) is 0.771. The average molecular weight is 285 g/mol. The van der Waals surface area contributed by atoms with Crippen LogP contribution < -0.4 is 0 Å². The predicted molar refractivity (Wildman–Crippen MR) is 80.7 cm³/mol. The van der Waals surface area contributed by atoms with Crippen molar-refractivity contribution in [2.45, 2.75) is 13.0 Å². The van der Waals surface area contributed by atoms with Crippen molar-refractivity contribution in [3.05, 3.63) is 59.4 Å². The minimum Gasteiger partial charge on any atom is -0.469 e. The second-order valence-electron chi connectivity index (χ2n) is 4.76. The number of hydrogen-bond donors (Lipinski definition) is 0. The highest BCUT2D eigenvalue weighted by molar-refractivity contribution is 7.17. The lowest BCUT2D eigenvalue weighted by Gasteiger charge is -2.16. The largest absolute Gasteiger partial charge is 0.469 e. The monoisotopic (exact) mass is 285 g/mol. The SMILES string of the molecule is CN(Cc1csc2ccccc12)C(=O)Cc1ccco1. The molecule has 2 aromatic heterocycles. The van der Waals surface area contributed by atoms with E-state index in [1.54, 1.807) is 28.6 Å². The number of likely N-dealkylation sites (N-methyl/N-ethyl adjacent to an activating group) is 1. The minimum absolute atomic E-state index is 0.0650. The lowest BCUT2D eigenvalue weighted by atomic mass is 10.1. The lowest BCUT2D eigenvalue weighted by molar-refractivity contribution is -0.129. The van der Waals surface area contributed by atoms with Gasteiger partial charge in [-0.15, -0.1) is 11.3 Å². The first-order valence-corrected chi connectivity index (χ1v) is 7.33. The summed E-state index contributed by atoms with van der Waals surface area (Å²) in [7, 11) is 1.83. The second kappa shape index (κ2) is 5.51. The molecule has 0 unspecified atom stereocenters. The van der Waals surface area contributed by atoms with Crippen LogP contribution in [0, 0.1) is 0 Å². The Bertz CT molecular complexity index is 715. The van der Waals surface area contributed by atoms with Crippen molar-refractivity contribution in [1.82, 2.24) is 4.90 Å². The van der Waals surface area contributed by atoms with Crippen LogP contribution in [0.1, 0.15) is 11.3 Å². The zero-order valence-electron chi connectivity index (χ0n) is 11.2. The van der Waals surface area contributed by atoms with Crippen LogP contribution in [-0.4, -0.2) is 17.9 Å². The molecule has 0 saturated carbocycles. The van der Waals surface area contributed by atoms with Gasteiger partial charge in [0.25, 0.3) is 0 Å². The third-order valence-corrected chi connectivity index (χ3v) is 4.31. The van der Waals surface area contributed by atoms with E-state index in [0.717, 1.165) is 0 Å². The molecule has 0 aliphatic rings. The number of carbonyl (C=O) groups is 1. The van der Waals surface area contributed by atoms with Gasteiger partial charge in [0, 0.05) is 18.3 Å². The van der Waals surface area contributed by atoms with Crippen molar-refractivity contribution in [2.75, 3.05) is 7.05 Å². The standard InChI is InChI=1S/C16H15NO2S/c1-17(16(18)9-13-5-4-8-19-13)10-12-11-20-15-7-3-2-6-14(12)15/h2-8,11H,9-10H2,1H3. The molecule has 3 rings (SSSR count). The summed E-state index contributed by atoms with van der Waals surface area (Å²) in [4.78, 5) is 13.9. The Hall–Kier alpha value is -2.07. The minimum atomic E-state index is 0.0650. The average Bonchev–Trinajstić information content (AvgIpc) is 3.09. The fourth-order valence-electron chi connectivity index (χ4n) is 2.20. The zero-order valence-corrected chi connectivity index (χ0v) is 12.0. The summed E-state index contributed by atoms with van der Waals surface area (Å²) in [6, 6.07) is 11.9. The number of amides is 1. The molecule has 1 aromatic carbocycles. The van der Waals surface area contributed by atoms with E-state index in [1.165, 1.54) is 15.6 Å². The number of furan rings is 1. The van der Waals surface area contributed by atoms with Crippen LogP contribution in [0.4, 0.5) is 0 Å². The Morgan fingerprint density at radius 1 is 1.25 bits per heavy atom. The van der Waals surface area contributed by atoms with Gasteiger partial charge in [0.2, 0.25) is 5.91 Å². The van der Waals surface area contributed by atoms with E-state index in [0.29, 0.717) is 18.7 Å². The topological polar surface area (TPSA) is 33.5 Å².